The van der Waals surface area contributed by atoms with E-state index >= 15 is 0 Å². The fourth-order valence-electron chi connectivity index (χ4n) is 3.81. The van der Waals surface area contributed by atoms with Crippen molar-refractivity contribution >= 4 is 17.2 Å². The number of nitrogens with zero attached hydrogens (tertiary/aromatic N) is 5. The molecule has 4 heterocycles. The van der Waals surface area contributed by atoms with Gasteiger partial charge in [0.05, 0.1) is 18.7 Å². The highest BCUT2D eigenvalue weighted by molar-refractivity contribution is 6.04. The number of alkyl halides is 3. The molecule has 1 N–H and O–H groups in total. The Morgan fingerprint density at radius 3 is 2.85 bits per heavy atom. The van der Waals surface area contributed by atoms with Gasteiger partial charge in [-0.25, -0.2) is 4.98 Å². The summed E-state index contributed by atoms with van der Waals surface area (Å²) in [6.07, 6.45) is -0.954. The van der Waals surface area contributed by atoms with E-state index in [9.17, 15) is 18.0 Å². The topological polar surface area (TPSA) is 88.6 Å². The molecule has 1 saturated heterocycles. The van der Waals surface area contributed by atoms with Crippen LogP contribution in [-0.2, 0) is 0 Å². The second kappa shape index (κ2) is 8.00. The molecule has 1 aromatic carbocycles. The minimum absolute atomic E-state index is 0.218. The Balaban J connectivity index is 1.31. The molecule has 1 fully saturated rings. The Hall–Kier alpha value is -3.73. The lowest BCUT2D eigenvalue weighted by molar-refractivity contribution is -0.155. The predicted octanol–water partition coefficient (Wildman–Crippen LogP) is 3.91. The molecule has 8 nitrogen and oxygen atoms in total. The van der Waals surface area contributed by atoms with Crippen LogP contribution in [-0.4, -0.2) is 56.1 Å². The van der Waals surface area contributed by atoms with Crippen molar-refractivity contribution in [2.75, 3.05) is 25.0 Å². The summed E-state index contributed by atoms with van der Waals surface area (Å²) in [5, 5.41) is 6.87. The van der Waals surface area contributed by atoms with Gasteiger partial charge in [0.1, 0.15) is 11.3 Å². The van der Waals surface area contributed by atoms with Crippen LogP contribution >= 0.6 is 0 Å². The fourth-order valence-corrected chi connectivity index (χ4v) is 3.81. The van der Waals surface area contributed by atoms with Gasteiger partial charge in [-0.2, -0.15) is 18.2 Å². The molecule has 3 aromatic heterocycles. The Morgan fingerprint density at radius 1 is 1.24 bits per heavy atom. The number of fused-ring (bicyclic) bond motifs is 1. The zero-order valence-corrected chi connectivity index (χ0v) is 17.5. The number of amides is 1. The van der Waals surface area contributed by atoms with Crippen molar-refractivity contribution < 1.29 is 22.5 Å². The van der Waals surface area contributed by atoms with Gasteiger partial charge in [0.15, 0.2) is 0 Å². The van der Waals surface area contributed by atoms with E-state index in [1.54, 1.807) is 28.8 Å². The Kier molecular flexibility index (Phi) is 5.12. The first kappa shape index (κ1) is 21.1. The second-order valence-corrected chi connectivity index (χ2v) is 8.02. The van der Waals surface area contributed by atoms with Gasteiger partial charge >= 0.3 is 6.18 Å². The van der Waals surface area contributed by atoms with Crippen molar-refractivity contribution in [3.8, 4) is 11.4 Å². The van der Waals surface area contributed by atoms with Gasteiger partial charge in [-0.15, -0.1) is 0 Å². The first-order chi connectivity index (χ1) is 15.8. The minimum atomic E-state index is -4.23. The number of halogens is 3. The lowest BCUT2D eigenvalue weighted by atomic mass is 10.0. The van der Waals surface area contributed by atoms with Crippen molar-refractivity contribution in [2.24, 2.45) is 0 Å². The maximum absolute atomic E-state index is 12.9. The SMILES string of the molecule is Cc1ccc(-c2noc(C3CN(CC(F)(F)F)C3)n2)cc1NC(=O)c1cnc2ccccn12. The van der Waals surface area contributed by atoms with Crippen LogP contribution in [0.5, 0.6) is 0 Å². The van der Waals surface area contributed by atoms with Gasteiger partial charge in [-0.3, -0.25) is 14.1 Å². The summed E-state index contributed by atoms with van der Waals surface area (Å²) in [5.74, 6) is 0.0697. The van der Waals surface area contributed by atoms with Crippen LogP contribution in [0, 0.1) is 6.92 Å². The van der Waals surface area contributed by atoms with Crippen molar-refractivity contribution in [1.29, 1.82) is 0 Å². The molecule has 0 spiro atoms. The minimum Gasteiger partial charge on any atom is -0.339 e. The first-order valence-electron chi connectivity index (χ1n) is 10.2. The highest BCUT2D eigenvalue weighted by Crippen LogP contribution is 2.31. The van der Waals surface area contributed by atoms with E-state index < -0.39 is 12.7 Å². The summed E-state index contributed by atoms with van der Waals surface area (Å²) in [7, 11) is 0. The number of carbonyl (C=O) groups excluding carboxylic acids is 1. The van der Waals surface area contributed by atoms with E-state index in [1.807, 2.05) is 25.1 Å². The third kappa shape index (κ3) is 4.31. The van der Waals surface area contributed by atoms with E-state index in [4.69, 9.17) is 4.52 Å². The number of hydrogen-bond donors (Lipinski definition) is 1. The first-order valence-corrected chi connectivity index (χ1v) is 10.2. The summed E-state index contributed by atoms with van der Waals surface area (Å²) in [6, 6.07) is 10.8. The van der Waals surface area contributed by atoms with E-state index in [-0.39, 0.29) is 24.9 Å². The lowest BCUT2D eigenvalue weighted by Gasteiger charge is -2.37. The van der Waals surface area contributed by atoms with Gasteiger partial charge in [0, 0.05) is 30.5 Å². The van der Waals surface area contributed by atoms with Crippen LogP contribution in [0.4, 0.5) is 18.9 Å². The van der Waals surface area contributed by atoms with Gasteiger partial charge in [-0.05, 0) is 30.7 Å². The van der Waals surface area contributed by atoms with Crippen LogP contribution in [0.2, 0.25) is 0 Å². The zero-order valence-electron chi connectivity index (χ0n) is 17.5. The number of carbonyl (C=O) groups is 1. The van der Waals surface area contributed by atoms with Crippen LogP contribution in [0.3, 0.4) is 0 Å². The molecule has 0 aliphatic carbocycles. The summed E-state index contributed by atoms with van der Waals surface area (Å²) in [4.78, 5) is 22.7. The molecule has 4 aromatic rings. The standard InChI is InChI=1S/C22H19F3N6O2/c1-13-5-6-14(19-28-21(33-29-19)15-10-30(11-15)12-22(23,24)25)8-16(13)27-20(32)17-9-26-18-4-2-3-7-31(17)18/h2-9,15H,10-12H2,1H3,(H,27,32). The molecule has 0 radical (unpaired) electrons. The number of likely N-dealkylation sites (tertiary alicyclic amines) is 1. The third-order valence-corrected chi connectivity index (χ3v) is 5.54. The number of aryl methyl sites for hydroxylation is 1. The number of hydrogen-bond acceptors (Lipinski definition) is 6. The number of imidazole rings is 1. The van der Waals surface area contributed by atoms with Crippen LogP contribution < -0.4 is 5.32 Å². The number of pyridine rings is 1. The summed E-state index contributed by atoms with van der Waals surface area (Å²) in [6.45, 7) is 1.35. The summed E-state index contributed by atoms with van der Waals surface area (Å²) < 4.78 is 44.4. The smallest absolute Gasteiger partial charge is 0.339 e. The van der Waals surface area contributed by atoms with Crippen LogP contribution in [0.25, 0.3) is 17.0 Å². The molecular formula is C22H19F3N6O2. The number of nitrogens with one attached hydrogen (secondary N) is 1. The molecule has 170 valence electrons. The second-order valence-electron chi connectivity index (χ2n) is 8.02. The van der Waals surface area contributed by atoms with Crippen LogP contribution in [0.1, 0.15) is 27.9 Å². The number of aromatic nitrogens is 4. The Labute approximate surface area is 186 Å². The Morgan fingerprint density at radius 2 is 2.06 bits per heavy atom. The molecule has 33 heavy (non-hydrogen) atoms. The molecule has 1 aliphatic rings. The quantitative estimate of drug-likeness (QED) is 0.490. The van der Waals surface area contributed by atoms with Crippen molar-refractivity contribution in [2.45, 2.75) is 19.0 Å². The van der Waals surface area contributed by atoms with Gasteiger partial charge in [-0.1, -0.05) is 23.4 Å². The molecular weight excluding hydrogens is 437 g/mol. The van der Waals surface area contributed by atoms with Crippen LogP contribution in [0.15, 0.2) is 53.3 Å². The predicted molar refractivity (Wildman–Crippen MR) is 113 cm³/mol. The normalized spacial score (nSPS) is 15.0. The average Bonchev–Trinajstić information content (AvgIpc) is 3.38. The fraction of sp³-hybridized carbons (Fsp3) is 0.273. The molecule has 0 atom stereocenters. The number of benzene rings is 1. The van der Waals surface area contributed by atoms with E-state index in [1.165, 1.54) is 11.1 Å². The Bertz CT molecular complexity index is 1320. The maximum Gasteiger partial charge on any atom is 0.401 e. The molecule has 0 bridgehead atoms. The zero-order chi connectivity index (χ0) is 23.2. The monoisotopic (exact) mass is 456 g/mol. The molecule has 0 saturated carbocycles. The lowest BCUT2D eigenvalue weighted by Crippen LogP contribution is -2.49. The van der Waals surface area contributed by atoms with E-state index in [2.05, 4.69) is 20.4 Å². The van der Waals surface area contributed by atoms with Gasteiger partial charge in [0.2, 0.25) is 11.7 Å². The largest absolute Gasteiger partial charge is 0.401 e. The maximum atomic E-state index is 12.9. The molecule has 1 aliphatic heterocycles. The summed E-state index contributed by atoms with van der Waals surface area (Å²) in [5.41, 5.74) is 3.10. The molecule has 11 heteroatoms. The highest BCUT2D eigenvalue weighted by Gasteiger charge is 2.39. The molecule has 0 unspecified atom stereocenters. The van der Waals surface area contributed by atoms with Crippen molar-refractivity contribution in [3.63, 3.8) is 0 Å². The third-order valence-electron chi connectivity index (χ3n) is 5.54. The number of anilines is 1. The molecule has 1 amide bonds. The number of rotatable bonds is 5. The highest BCUT2D eigenvalue weighted by atomic mass is 19.4. The van der Waals surface area contributed by atoms with Crippen molar-refractivity contribution in [1.82, 2.24) is 24.4 Å². The average molecular weight is 456 g/mol. The van der Waals surface area contributed by atoms with E-state index in [0.717, 1.165) is 5.56 Å². The van der Waals surface area contributed by atoms with Gasteiger partial charge in [0.25, 0.3) is 5.91 Å². The van der Waals surface area contributed by atoms with Gasteiger partial charge < -0.3 is 9.84 Å². The summed E-state index contributed by atoms with van der Waals surface area (Å²) >= 11 is 0. The van der Waals surface area contributed by atoms with Crippen molar-refractivity contribution in [3.05, 3.63) is 65.9 Å². The molecule has 5 rings (SSSR count). The van der Waals surface area contributed by atoms with E-state index in [0.29, 0.717) is 34.3 Å².